The molecular weight excluding hydrogens is 500 g/mol. The third kappa shape index (κ3) is 9.89. The van der Waals surface area contributed by atoms with Gasteiger partial charge in [-0.2, -0.15) is 0 Å². The number of hydrogen-bond donors (Lipinski definition) is 3. The molecule has 3 heterocycles. The van der Waals surface area contributed by atoms with E-state index < -0.39 is 0 Å². The van der Waals surface area contributed by atoms with E-state index in [9.17, 15) is 0 Å². The predicted molar refractivity (Wildman–Crippen MR) is 167 cm³/mol. The lowest BCUT2D eigenvalue weighted by molar-refractivity contribution is 0.0232. The van der Waals surface area contributed by atoms with Gasteiger partial charge in [0.25, 0.3) is 0 Å². The molecule has 0 aromatic heterocycles. The minimum absolute atomic E-state index is 0.111. The first kappa shape index (κ1) is 34.2. The molecule has 0 bridgehead atoms. The van der Waals surface area contributed by atoms with E-state index in [-0.39, 0.29) is 33.2 Å². The molecule has 0 aliphatic carbocycles. The fraction of sp³-hybridized carbons (Fsp3) is 1.00. The molecular formula is C33H66N4O3. The summed E-state index contributed by atoms with van der Waals surface area (Å²) in [4.78, 5) is 2.46. The Morgan fingerprint density at radius 3 is 0.925 bits per heavy atom. The molecule has 7 heteroatoms. The van der Waals surface area contributed by atoms with Crippen LogP contribution in [-0.2, 0) is 14.2 Å². The molecule has 3 saturated heterocycles. The summed E-state index contributed by atoms with van der Waals surface area (Å²) in [6, 6.07) is 0. The van der Waals surface area contributed by atoms with Gasteiger partial charge in [0.15, 0.2) is 0 Å². The van der Waals surface area contributed by atoms with Crippen LogP contribution in [0.25, 0.3) is 0 Å². The van der Waals surface area contributed by atoms with Crippen LogP contribution in [0.2, 0.25) is 0 Å². The third-order valence-corrected chi connectivity index (χ3v) is 9.93. The van der Waals surface area contributed by atoms with E-state index in [2.05, 4.69) is 104 Å². The maximum atomic E-state index is 6.27. The zero-order valence-electron chi connectivity index (χ0n) is 28.4. The second-order valence-corrected chi connectivity index (χ2v) is 17.0. The highest BCUT2D eigenvalue weighted by Crippen LogP contribution is 2.37. The van der Waals surface area contributed by atoms with Crippen LogP contribution in [0, 0.1) is 17.8 Å². The van der Waals surface area contributed by atoms with E-state index in [1.165, 1.54) is 0 Å². The van der Waals surface area contributed by atoms with Gasteiger partial charge >= 0.3 is 0 Å². The Morgan fingerprint density at radius 2 is 0.725 bits per heavy atom. The number of ether oxygens (including phenoxy) is 3. The van der Waals surface area contributed by atoms with Crippen molar-refractivity contribution in [1.29, 1.82) is 0 Å². The molecule has 3 fully saturated rings. The van der Waals surface area contributed by atoms with Crippen LogP contribution in [-0.4, -0.2) is 97.4 Å². The van der Waals surface area contributed by atoms with E-state index in [1.807, 2.05) is 0 Å². The average Bonchev–Trinajstić information content (AvgIpc) is 3.22. The largest absolute Gasteiger partial charge is 0.380 e. The molecule has 3 aliphatic rings. The van der Waals surface area contributed by atoms with Crippen LogP contribution >= 0.6 is 0 Å². The Kier molecular flexibility index (Phi) is 10.9. The highest BCUT2D eigenvalue weighted by atomic mass is 16.5. The van der Waals surface area contributed by atoms with Gasteiger partial charge in [-0.05, 0) is 102 Å². The zero-order chi connectivity index (χ0) is 30.0. The quantitative estimate of drug-likeness (QED) is 0.245. The third-order valence-electron chi connectivity index (χ3n) is 9.93. The van der Waals surface area contributed by atoms with Crippen molar-refractivity contribution in [2.75, 3.05) is 59.3 Å². The van der Waals surface area contributed by atoms with Gasteiger partial charge in [-0.3, -0.25) is 4.90 Å². The lowest BCUT2D eigenvalue weighted by Crippen LogP contribution is -2.46. The first-order chi connectivity index (χ1) is 18.2. The summed E-state index contributed by atoms with van der Waals surface area (Å²) in [5.74, 6) is 1.59. The summed E-state index contributed by atoms with van der Waals surface area (Å²) in [6.45, 7) is 35.0. The lowest BCUT2D eigenvalue weighted by atomic mass is 9.88. The SMILES string of the molecule is CC1(C)CC(COCCN(CCOCC2CC(C)(C)NC2(C)C)CCOCC2CC(C)(C)NC2(C)C)C(C)(C)N1. The van der Waals surface area contributed by atoms with Crippen LogP contribution in [0.1, 0.15) is 102 Å². The molecule has 0 aromatic carbocycles. The predicted octanol–water partition coefficient (Wildman–Crippen LogP) is 4.84. The Bertz CT molecular complexity index is 703. The van der Waals surface area contributed by atoms with Gasteiger partial charge in [0.1, 0.15) is 0 Å². The highest BCUT2D eigenvalue weighted by molar-refractivity contribution is 5.04. The molecule has 3 aliphatic heterocycles. The molecule has 3 rings (SSSR count). The van der Waals surface area contributed by atoms with Crippen LogP contribution in [0.3, 0.4) is 0 Å². The Labute approximate surface area is 247 Å². The monoisotopic (exact) mass is 567 g/mol. The van der Waals surface area contributed by atoms with Crippen molar-refractivity contribution in [2.24, 2.45) is 17.8 Å². The summed E-state index contributed by atoms with van der Waals surface area (Å²) in [7, 11) is 0. The first-order valence-electron chi connectivity index (χ1n) is 16.1. The molecule has 0 radical (unpaired) electrons. The fourth-order valence-corrected chi connectivity index (χ4v) is 8.08. The molecule has 3 unspecified atom stereocenters. The minimum atomic E-state index is 0.111. The van der Waals surface area contributed by atoms with Crippen LogP contribution < -0.4 is 16.0 Å². The van der Waals surface area contributed by atoms with Crippen molar-refractivity contribution < 1.29 is 14.2 Å². The van der Waals surface area contributed by atoms with Gasteiger partial charge in [-0.25, -0.2) is 0 Å². The van der Waals surface area contributed by atoms with E-state index in [0.29, 0.717) is 17.8 Å². The van der Waals surface area contributed by atoms with Gasteiger partial charge in [0, 0.05) is 70.6 Å². The van der Waals surface area contributed by atoms with Crippen molar-refractivity contribution >= 4 is 0 Å². The van der Waals surface area contributed by atoms with Gasteiger partial charge < -0.3 is 30.2 Å². The topological polar surface area (TPSA) is 67.0 Å². The molecule has 3 atom stereocenters. The van der Waals surface area contributed by atoms with Crippen molar-refractivity contribution in [2.45, 2.75) is 136 Å². The molecule has 0 amide bonds. The van der Waals surface area contributed by atoms with Gasteiger partial charge in [-0.15, -0.1) is 0 Å². The van der Waals surface area contributed by atoms with Crippen molar-refractivity contribution in [3.05, 3.63) is 0 Å². The maximum Gasteiger partial charge on any atom is 0.0593 e. The van der Waals surface area contributed by atoms with Gasteiger partial charge in [0.2, 0.25) is 0 Å². The van der Waals surface area contributed by atoms with Gasteiger partial charge in [0.05, 0.1) is 39.6 Å². The Balaban J connectivity index is 1.44. The maximum absolute atomic E-state index is 6.27. The number of nitrogens with one attached hydrogen (secondary N) is 3. The van der Waals surface area contributed by atoms with Crippen LogP contribution in [0.4, 0.5) is 0 Å². The van der Waals surface area contributed by atoms with Crippen molar-refractivity contribution in [3.8, 4) is 0 Å². The summed E-state index contributed by atoms with van der Waals surface area (Å²) in [5, 5.41) is 11.3. The molecule has 0 saturated carbocycles. The summed E-state index contributed by atoms with van der Waals surface area (Å²) in [5.41, 5.74) is 0.861. The number of rotatable bonds is 15. The van der Waals surface area contributed by atoms with Crippen molar-refractivity contribution in [1.82, 2.24) is 20.9 Å². The number of hydrogen-bond acceptors (Lipinski definition) is 7. The average molecular weight is 567 g/mol. The summed E-state index contributed by atoms with van der Waals surface area (Å²) < 4.78 is 18.8. The molecule has 40 heavy (non-hydrogen) atoms. The molecule has 0 spiro atoms. The van der Waals surface area contributed by atoms with Crippen molar-refractivity contribution in [3.63, 3.8) is 0 Å². The standard InChI is InChI=1S/C33H66N4O3/c1-28(2)19-25(31(7,8)34-28)22-38-16-13-37(14-17-39-23-26-20-29(3,4)35-32(26,9)10)15-18-40-24-27-21-30(5,6)36-33(27,11)12/h25-27,34-36H,13-24H2,1-12H3. The normalized spacial score (nSPS) is 31.3. The van der Waals surface area contributed by atoms with E-state index in [0.717, 1.165) is 78.5 Å². The van der Waals surface area contributed by atoms with E-state index in [4.69, 9.17) is 14.2 Å². The summed E-state index contributed by atoms with van der Waals surface area (Å²) >= 11 is 0. The van der Waals surface area contributed by atoms with Gasteiger partial charge in [-0.1, -0.05) is 0 Å². The summed E-state index contributed by atoms with van der Waals surface area (Å²) in [6.07, 6.45) is 3.45. The zero-order valence-corrected chi connectivity index (χ0v) is 28.4. The van der Waals surface area contributed by atoms with E-state index >= 15 is 0 Å². The lowest BCUT2D eigenvalue weighted by Gasteiger charge is -2.29. The van der Waals surface area contributed by atoms with E-state index in [1.54, 1.807) is 0 Å². The highest BCUT2D eigenvalue weighted by Gasteiger charge is 2.45. The second kappa shape index (κ2) is 12.8. The number of nitrogens with zero attached hydrogens (tertiary/aromatic N) is 1. The molecule has 236 valence electrons. The Hall–Kier alpha value is -0.280. The molecule has 3 N–H and O–H groups in total. The minimum Gasteiger partial charge on any atom is -0.380 e. The fourth-order valence-electron chi connectivity index (χ4n) is 8.08. The molecule has 7 nitrogen and oxygen atoms in total. The smallest absolute Gasteiger partial charge is 0.0593 e. The first-order valence-corrected chi connectivity index (χ1v) is 16.1. The second-order valence-electron chi connectivity index (χ2n) is 17.0. The van der Waals surface area contributed by atoms with Crippen LogP contribution in [0.15, 0.2) is 0 Å². The molecule has 0 aromatic rings. The Morgan fingerprint density at radius 1 is 0.475 bits per heavy atom. The van der Waals surface area contributed by atoms with Crippen LogP contribution in [0.5, 0.6) is 0 Å².